The molecule has 0 aliphatic carbocycles. The number of nitrogens with one attached hydrogen (secondary N) is 1. The van der Waals surface area contributed by atoms with Gasteiger partial charge in [0.15, 0.2) is 0 Å². The Balaban J connectivity index is 1.73. The number of cyclic esters (lactones) is 1. The average molecular weight is 289 g/mol. The van der Waals surface area contributed by atoms with E-state index >= 15 is 0 Å². The zero-order valence-electron chi connectivity index (χ0n) is 11.5. The molecular weight excluding hydrogens is 274 g/mol. The van der Waals surface area contributed by atoms with Gasteiger partial charge in [-0.25, -0.2) is 9.59 Å². The number of rotatable bonds is 2. The van der Waals surface area contributed by atoms with Crippen LogP contribution in [0.5, 0.6) is 0 Å². The lowest BCUT2D eigenvalue weighted by molar-refractivity contribution is -0.147. The van der Waals surface area contributed by atoms with E-state index in [2.05, 4.69) is 5.32 Å². The van der Waals surface area contributed by atoms with Crippen LogP contribution in [0.25, 0.3) is 0 Å². The Morgan fingerprint density at radius 1 is 1.33 bits per heavy atom. The Labute approximate surface area is 121 Å². The van der Waals surface area contributed by atoms with E-state index in [0.29, 0.717) is 24.8 Å². The number of hydrogen-bond donors (Lipinski definition) is 1. The van der Waals surface area contributed by atoms with Gasteiger partial charge in [0.05, 0.1) is 5.56 Å². The fraction of sp³-hybridized carbons (Fsp3) is 0.400. The van der Waals surface area contributed by atoms with Gasteiger partial charge in [0, 0.05) is 18.5 Å². The van der Waals surface area contributed by atoms with Crippen LogP contribution in [-0.2, 0) is 25.5 Å². The van der Waals surface area contributed by atoms with Gasteiger partial charge in [0.1, 0.15) is 6.10 Å². The maximum Gasteiger partial charge on any atom is 0.347 e. The first-order chi connectivity index (χ1) is 10.0. The maximum atomic E-state index is 12.1. The summed E-state index contributed by atoms with van der Waals surface area (Å²) >= 11 is 0. The van der Waals surface area contributed by atoms with Crippen LogP contribution in [0.15, 0.2) is 18.2 Å². The summed E-state index contributed by atoms with van der Waals surface area (Å²) in [6.07, 6.45) is 0.311. The third kappa shape index (κ3) is 2.74. The minimum atomic E-state index is -0.830. The van der Waals surface area contributed by atoms with E-state index in [4.69, 9.17) is 9.47 Å². The van der Waals surface area contributed by atoms with Crippen LogP contribution < -0.4 is 5.32 Å². The molecule has 1 aromatic carbocycles. The van der Waals surface area contributed by atoms with Crippen LogP contribution in [-0.4, -0.2) is 30.1 Å². The number of carbonyl (C=O) groups excluding carboxylic acids is 3. The highest BCUT2D eigenvalue weighted by Gasteiger charge is 2.35. The number of amides is 1. The van der Waals surface area contributed by atoms with Crippen LogP contribution in [0.3, 0.4) is 0 Å². The molecule has 6 nitrogen and oxygen atoms in total. The lowest BCUT2D eigenvalue weighted by Gasteiger charge is -2.17. The fourth-order valence-electron chi connectivity index (χ4n) is 2.52. The number of aryl methyl sites for hydroxylation is 1. The number of benzene rings is 1. The highest BCUT2D eigenvalue weighted by Crippen LogP contribution is 2.25. The van der Waals surface area contributed by atoms with Crippen molar-refractivity contribution in [2.45, 2.75) is 38.4 Å². The Hall–Kier alpha value is -2.37. The number of fused-ring (bicyclic) bond motifs is 1. The monoisotopic (exact) mass is 289 g/mol. The first-order valence-corrected chi connectivity index (χ1v) is 6.87. The summed E-state index contributed by atoms with van der Waals surface area (Å²) in [5.74, 6) is -1.08. The molecule has 2 aliphatic rings. The number of esters is 2. The molecule has 3 rings (SSSR count). The van der Waals surface area contributed by atoms with Gasteiger partial charge < -0.3 is 14.8 Å². The predicted octanol–water partition coefficient (Wildman–Crippen LogP) is 1.43. The Morgan fingerprint density at radius 3 is 2.86 bits per heavy atom. The van der Waals surface area contributed by atoms with Crippen LogP contribution in [0, 0.1) is 0 Å². The summed E-state index contributed by atoms with van der Waals surface area (Å²) in [6.45, 7) is 1.76. The van der Waals surface area contributed by atoms with Crippen molar-refractivity contribution in [2.75, 3.05) is 5.32 Å². The Kier molecular flexibility index (Phi) is 3.37. The van der Waals surface area contributed by atoms with Gasteiger partial charge in [-0.3, -0.25) is 4.79 Å². The molecule has 2 atom stereocenters. The molecule has 2 unspecified atom stereocenters. The van der Waals surface area contributed by atoms with Crippen molar-refractivity contribution >= 4 is 23.5 Å². The number of hydrogen-bond acceptors (Lipinski definition) is 5. The van der Waals surface area contributed by atoms with Gasteiger partial charge in [-0.15, -0.1) is 0 Å². The van der Waals surface area contributed by atoms with E-state index < -0.39 is 18.0 Å². The molecule has 1 aromatic rings. The largest absolute Gasteiger partial charge is 0.460 e. The first kappa shape index (κ1) is 13.6. The molecular formula is C15H15NO5. The van der Waals surface area contributed by atoms with Crippen LogP contribution in [0.2, 0.25) is 0 Å². The van der Waals surface area contributed by atoms with Gasteiger partial charge in [-0.2, -0.15) is 0 Å². The van der Waals surface area contributed by atoms with Gasteiger partial charge in [0.25, 0.3) is 0 Å². The second-order valence-electron chi connectivity index (χ2n) is 5.30. The van der Waals surface area contributed by atoms with Crippen molar-refractivity contribution in [1.82, 2.24) is 0 Å². The lowest BCUT2D eigenvalue weighted by atomic mass is 10.0. The van der Waals surface area contributed by atoms with E-state index in [1.54, 1.807) is 25.1 Å². The van der Waals surface area contributed by atoms with Gasteiger partial charge in [-0.05, 0) is 37.1 Å². The maximum absolute atomic E-state index is 12.1. The first-order valence-electron chi connectivity index (χ1n) is 6.87. The normalized spacial score (nSPS) is 24.0. The quantitative estimate of drug-likeness (QED) is 0.833. The standard InChI is InChI=1S/C15H15NO5/c1-8-6-12(15(19)20-8)21-14(18)10-2-4-11-9(7-10)3-5-13(17)16-11/h2,4,7-8,12H,3,5-6H2,1H3,(H,16,17). The summed E-state index contributed by atoms with van der Waals surface area (Å²) in [6, 6.07) is 4.95. The topological polar surface area (TPSA) is 81.7 Å². The molecule has 2 heterocycles. The summed E-state index contributed by atoms with van der Waals surface area (Å²) in [4.78, 5) is 34.8. The second-order valence-corrected chi connectivity index (χ2v) is 5.30. The summed E-state index contributed by atoms with van der Waals surface area (Å²) in [7, 11) is 0. The molecule has 0 bridgehead atoms. The van der Waals surface area contributed by atoms with E-state index in [1.807, 2.05) is 0 Å². The van der Waals surface area contributed by atoms with E-state index in [-0.39, 0.29) is 12.0 Å². The molecule has 0 saturated carbocycles. The molecule has 21 heavy (non-hydrogen) atoms. The molecule has 1 amide bonds. The summed E-state index contributed by atoms with van der Waals surface area (Å²) in [5, 5.41) is 2.75. The third-order valence-electron chi connectivity index (χ3n) is 3.61. The second kappa shape index (κ2) is 5.20. The number of carbonyl (C=O) groups is 3. The van der Waals surface area contributed by atoms with Crippen molar-refractivity contribution in [3.63, 3.8) is 0 Å². The highest BCUT2D eigenvalue weighted by molar-refractivity contribution is 5.96. The van der Waals surface area contributed by atoms with Gasteiger partial charge >= 0.3 is 11.9 Å². The van der Waals surface area contributed by atoms with Gasteiger partial charge in [-0.1, -0.05) is 0 Å². The van der Waals surface area contributed by atoms with Crippen LogP contribution in [0.4, 0.5) is 5.69 Å². The van der Waals surface area contributed by atoms with Crippen molar-refractivity contribution < 1.29 is 23.9 Å². The summed E-state index contributed by atoms with van der Waals surface area (Å²) < 4.78 is 10.1. The van der Waals surface area contributed by atoms with Crippen molar-refractivity contribution in [1.29, 1.82) is 0 Å². The van der Waals surface area contributed by atoms with E-state index in [1.165, 1.54) is 0 Å². The fourth-order valence-corrected chi connectivity index (χ4v) is 2.52. The molecule has 1 N–H and O–H groups in total. The Bertz CT molecular complexity index is 624. The van der Waals surface area contributed by atoms with Crippen molar-refractivity contribution in [2.24, 2.45) is 0 Å². The molecule has 2 aliphatic heterocycles. The molecule has 1 saturated heterocycles. The average Bonchev–Trinajstić information content (AvgIpc) is 2.76. The molecule has 6 heteroatoms. The van der Waals surface area contributed by atoms with Crippen LogP contribution in [0.1, 0.15) is 35.7 Å². The molecule has 0 aromatic heterocycles. The zero-order chi connectivity index (χ0) is 15.0. The third-order valence-corrected chi connectivity index (χ3v) is 3.61. The van der Waals surface area contributed by atoms with Crippen molar-refractivity contribution in [3.8, 4) is 0 Å². The zero-order valence-corrected chi connectivity index (χ0v) is 11.5. The smallest absolute Gasteiger partial charge is 0.347 e. The minimum absolute atomic E-state index is 0.0273. The molecule has 0 spiro atoms. The van der Waals surface area contributed by atoms with Gasteiger partial charge in [0.2, 0.25) is 12.0 Å². The minimum Gasteiger partial charge on any atom is -0.460 e. The Morgan fingerprint density at radius 2 is 2.14 bits per heavy atom. The molecule has 110 valence electrons. The SMILES string of the molecule is CC1CC(OC(=O)c2ccc3c(c2)CCC(=O)N3)C(=O)O1. The van der Waals surface area contributed by atoms with E-state index in [9.17, 15) is 14.4 Å². The van der Waals surface area contributed by atoms with Crippen LogP contribution >= 0.6 is 0 Å². The molecule has 0 radical (unpaired) electrons. The number of anilines is 1. The van der Waals surface area contributed by atoms with E-state index in [0.717, 1.165) is 11.3 Å². The summed E-state index contributed by atoms with van der Waals surface area (Å²) in [5.41, 5.74) is 1.99. The van der Waals surface area contributed by atoms with Crippen molar-refractivity contribution in [3.05, 3.63) is 29.3 Å². The lowest BCUT2D eigenvalue weighted by Crippen LogP contribution is -2.23. The highest BCUT2D eigenvalue weighted by atomic mass is 16.6. The number of ether oxygens (including phenoxy) is 2. The predicted molar refractivity (Wildman–Crippen MR) is 72.8 cm³/mol. The molecule has 1 fully saturated rings.